The predicted octanol–water partition coefficient (Wildman–Crippen LogP) is 3.99. The van der Waals surface area contributed by atoms with Gasteiger partial charge in [0.15, 0.2) is 0 Å². The molecular formula is C17H27NO. The highest BCUT2D eigenvalue weighted by Gasteiger charge is 2.20. The molecule has 0 radical (unpaired) electrons. The van der Waals surface area contributed by atoms with Crippen LogP contribution in [0.4, 0.5) is 0 Å². The van der Waals surface area contributed by atoms with Crippen LogP contribution in [0.2, 0.25) is 0 Å². The Morgan fingerprint density at radius 3 is 2.95 bits per heavy atom. The maximum absolute atomic E-state index is 5.90. The fourth-order valence-electron chi connectivity index (χ4n) is 2.80. The molecule has 106 valence electrons. The molecule has 1 aliphatic rings. The average Bonchev–Trinajstić information content (AvgIpc) is 2.44. The maximum atomic E-state index is 5.90. The number of rotatable bonds is 6. The van der Waals surface area contributed by atoms with E-state index in [1.165, 1.54) is 36.8 Å². The highest BCUT2D eigenvalue weighted by Crippen LogP contribution is 2.25. The summed E-state index contributed by atoms with van der Waals surface area (Å²) in [6.45, 7) is 6.40. The Bertz CT molecular complexity index is 371. The Morgan fingerprint density at radius 2 is 2.26 bits per heavy atom. The summed E-state index contributed by atoms with van der Waals surface area (Å²) >= 11 is 0. The third-order valence-electron chi connectivity index (χ3n) is 3.86. The molecule has 0 saturated carbocycles. The van der Waals surface area contributed by atoms with E-state index in [9.17, 15) is 0 Å². The van der Waals surface area contributed by atoms with Crippen LogP contribution in [0, 0.1) is 6.92 Å². The van der Waals surface area contributed by atoms with Crippen molar-refractivity contribution in [2.45, 2.75) is 58.1 Å². The summed E-state index contributed by atoms with van der Waals surface area (Å²) < 4.78 is 5.90. The van der Waals surface area contributed by atoms with E-state index in [0.717, 1.165) is 19.6 Å². The molecule has 0 bridgehead atoms. The number of hydrogen-bond acceptors (Lipinski definition) is 2. The average molecular weight is 261 g/mol. The van der Waals surface area contributed by atoms with Gasteiger partial charge < -0.3 is 10.1 Å². The minimum absolute atomic E-state index is 0.433. The number of aryl methyl sites for hydroxylation is 1. The fraction of sp³-hybridized carbons (Fsp3) is 0.647. The van der Waals surface area contributed by atoms with Crippen molar-refractivity contribution in [2.75, 3.05) is 13.2 Å². The van der Waals surface area contributed by atoms with Crippen LogP contribution in [0.25, 0.3) is 0 Å². The van der Waals surface area contributed by atoms with Crippen molar-refractivity contribution in [1.29, 1.82) is 0 Å². The second kappa shape index (κ2) is 7.66. The fourth-order valence-corrected chi connectivity index (χ4v) is 2.80. The lowest BCUT2D eigenvalue weighted by molar-refractivity contribution is 0.00504. The van der Waals surface area contributed by atoms with E-state index in [4.69, 9.17) is 4.74 Å². The van der Waals surface area contributed by atoms with Gasteiger partial charge in [0, 0.05) is 12.6 Å². The smallest absolute Gasteiger partial charge is 0.0593 e. The zero-order chi connectivity index (χ0) is 13.5. The van der Waals surface area contributed by atoms with E-state index < -0.39 is 0 Å². The summed E-state index contributed by atoms with van der Waals surface area (Å²) in [6.07, 6.45) is 6.48. The standard InChI is InChI=1S/C17H27NO/c1-3-10-18-17(13-16-9-4-5-11-19-16)15-8-6-7-14(2)12-15/h6-8,12,16-18H,3-5,9-11,13H2,1-2H3. The summed E-state index contributed by atoms with van der Waals surface area (Å²) in [6, 6.07) is 9.30. The summed E-state index contributed by atoms with van der Waals surface area (Å²) in [7, 11) is 0. The van der Waals surface area contributed by atoms with E-state index in [-0.39, 0.29) is 0 Å². The molecule has 2 rings (SSSR count). The lowest BCUT2D eigenvalue weighted by atomic mass is 9.95. The lowest BCUT2D eigenvalue weighted by Gasteiger charge is -2.28. The topological polar surface area (TPSA) is 21.3 Å². The van der Waals surface area contributed by atoms with Crippen LogP contribution in [0.15, 0.2) is 24.3 Å². The molecule has 2 nitrogen and oxygen atoms in total. The number of nitrogens with one attached hydrogen (secondary N) is 1. The SMILES string of the molecule is CCCNC(CC1CCCCO1)c1cccc(C)c1. The predicted molar refractivity (Wildman–Crippen MR) is 80.4 cm³/mol. The quantitative estimate of drug-likeness (QED) is 0.836. The second-order valence-electron chi connectivity index (χ2n) is 5.65. The van der Waals surface area contributed by atoms with Crippen molar-refractivity contribution in [3.63, 3.8) is 0 Å². The van der Waals surface area contributed by atoms with Crippen molar-refractivity contribution in [3.05, 3.63) is 35.4 Å². The molecule has 1 aliphatic heterocycles. The van der Waals surface area contributed by atoms with Gasteiger partial charge in [-0.1, -0.05) is 36.8 Å². The Hall–Kier alpha value is -0.860. The summed E-state index contributed by atoms with van der Waals surface area (Å²) in [4.78, 5) is 0. The van der Waals surface area contributed by atoms with Gasteiger partial charge in [0.1, 0.15) is 0 Å². The first-order valence-electron chi connectivity index (χ1n) is 7.71. The number of benzene rings is 1. The molecule has 0 spiro atoms. The van der Waals surface area contributed by atoms with Crippen molar-refractivity contribution < 1.29 is 4.74 Å². The van der Waals surface area contributed by atoms with Gasteiger partial charge in [0.05, 0.1) is 6.10 Å². The molecule has 19 heavy (non-hydrogen) atoms. The van der Waals surface area contributed by atoms with E-state index in [1.54, 1.807) is 0 Å². The van der Waals surface area contributed by atoms with Crippen LogP contribution < -0.4 is 5.32 Å². The van der Waals surface area contributed by atoms with Crippen LogP contribution >= 0.6 is 0 Å². The number of hydrogen-bond donors (Lipinski definition) is 1. The van der Waals surface area contributed by atoms with Crippen molar-refractivity contribution in [3.8, 4) is 0 Å². The molecule has 1 heterocycles. The highest BCUT2D eigenvalue weighted by molar-refractivity contribution is 5.25. The third kappa shape index (κ3) is 4.63. The van der Waals surface area contributed by atoms with Crippen molar-refractivity contribution in [1.82, 2.24) is 5.32 Å². The van der Waals surface area contributed by atoms with E-state index in [0.29, 0.717) is 12.1 Å². The van der Waals surface area contributed by atoms with Crippen LogP contribution in [0.3, 0.4) is 0 Å². The highest BCUT2D eigenvalue weighted by atomic mass is 16.5. The van der Waals surface area contributed by atoms with Crippen molar-refractivity contribution >= 4 is 0 Å². The van der Waals surface area contributed by atoms with Crippen LogP contribution in [0.5, 0.6) is 0 Å². The molecule has 1 aromatic rings. The minimum atomic E-state index is 0.433. The molecule has 1 fully saturated rings. The molecule has 1 aromatic carbocycles. The van der Waals surface area contributed by atoms with E-state index in [1.807, 2.05) is 0 Å². The molecule has 0 amide bonds. The van der Waals surface area contributed by atoms with Gasteiger partial charge in [-0.15, -0.1) is 0 Å². The van der Waals surface area contributed by atoms with Crippen LogP contribution in [-0.4, -0.2) is 19.3 Å². The summed E-state index contributed by atoms with van der Waals surface area (Å²) in [5, 5.41) is 3.68. The Morgan fingerprint density at radius 1 is 1.37 bits per heavy atom. The molecule has 2 atom stereocenters. The van der Waals surface area contributed by atoms with Gasteiger partial charge in [-0.25, -0.2) is 0 Å². The largest absolute Gasteiger partial charge is 0.378 e. The molecule has 1 N–H and O–H groups in total. The summed E-state index contributed by atoms with van der Waals surface area (Å²) in [5.74, 6) is 0. The molecular weight excluding hydrogens is 234 g/mol. The first-order chi connectivity index (χ1) is 9.29. The number of ether oxygens (including phenoxy) is 1. The first-order valence-corrected chi connectivity index (χ1v) is 7.71. The van der Waals surface area contributed by atoms with Gasteiger partial charge in [0.25, 0.3) is 0 Å². The summed E-state index contributed by atoms with van der Waals surface area (Å²) in [5.41, 5.74) is 2.74. The van der Waals surface area contributed by atoms with Crippen LogP contribution in [-0.2, 0) is 4.74 Å². The van der Waals surface area contributed by atoms with E-state index in [2.05, 4.69) is 43.4 Å². The third-order valence-corrected chi connectivity index (χ3v) is 3.86. The Balaban J connectivity index is 2.01. The minimum Gasteiger partial charge on any atom is -0.378 e. The van der Waals surface area contributed by atoms with Gasteiger partial charge in [-0.05, 0) is 51.1 Å². The lowest BCUT2D eigenvalue weighted by Crippen LogP contribution is -2.29. The molecule has 2 unspecified atom stereocenters. The zero-order valence-electron chi connectivity index (χ0n) is 12.3. The van der Waals surface area contributed by atoms with Gasteiger partial charge in [0.2, 0.25) is 0 Å². The second-order valence-corrected chi connectivity index (χ2v) is 5.65. The maximum Gasteiger partial charge on any atom is 0.0593 e. The zero-order valence-corrected chi connectivity index (χ0v) is 12.3. The monoisotopic (exact) mass is 261 g/mol. The molecule has 0 aliphatic carbocycles. The van der Waals surface area contributed by atoms with E-state index >= 15 is 0 Å². The van der Waals surface area contributed by atoms with Crippen molar-refractivity contribution in [2.24, 2.45) is 0 Å². The van der Waals surface area contributed by atoms with Gasteiger partial charge in [-0.2, -0.15) is 0 Å². The molecule has 2 heteroatoms. The van der Waals surface area contributed by atoms with Gasteiger partial charge in [-0.3, -0.25) is 0 Å². The first kappa shape index (κ1) is 14.5. The Kier molecular flexibility index (Phi) is 5.87. The normalized spacial score (nSPS) is 21.3. The van der Waals surface area contributed by atoms with Gasteiger partial charge >= 0.3 is 0 Å². The van der Waals surface area contributed by atoms with Crippen LogP contribution in [0.1, 0.15) is 56.2 Å². The molecule has 1 saturated heterocycles. The molecule has 0 aromatic heterocycles. The Labute approximate surface area is 117 Å².